The maximum Gasteiger partial charge on any atom is 0.246 e. The number of hydrogen-bond acceptors (Lipinski definition) is 13. The molecule has 0 radical (unpaired) electrons. The fourth-order valence-electron chi connectivity index (χ4n) is 10.7. The topological polar surface area (TPSA) is 299 Å². The first-order valence-electron chi connectivity index (χ1n) is 30.7. The summed E-state index contributed by atoms with van der Waals surface area (Å²) in [7, 11) is 9.72. The van der Waals surface area contributed by atoms with Crippen LogP contribution in [0.25, 0.3) is 0 Å². The van der Waals surface area contributed by atoms with E-state index in [1.165, 1.54) is 82.8 Å². The molecule has 0 aromatic heterocycles. The number of aliphatic hydroxyl groups excluding tert-OH is 2. The van der Waals surface area contributed by atoms with Crippen molar-refractivity contribution in [2.75, 3.05) is 62.5 Å². The van der Waals surface area contributed by atoms with E-state index in [9.17, 15) is 53.4 Å². The van der Waals surface area contributed by atoms with E-state index in [1.807, 2.05) is 41.5 Å². The smallest absolute Gasteiger partial charge is 0.246 e. The summed E-state index contributed by atoms with van der Waals surface area (Å²) >= 11 is 0. The number of rotatable bonds is 16. The second kappa shape index (κ2) is 35.6. The Morgan fingerprint density at radius 2 is 0.930 bits per heavy atom. The Labute approximate surface area is 513 Å². The zero-order chi connectivity index (χ0) is 66.7. The molecule has 6 N–H and O–H groups in total. The van der Waals surface area contributed by atoms with Gasteiger partial charge in [0, 0.05) is 55.9 Å². The van der Waals surface area contributed by atoms with Crippen molar-refractivity contribution in [1.82, 2.24) is 55.6 Å². The third-order valence-electron chi connectivity index (χ3n) is 16.3. The summed E-state index contributed by atoms with van der Waals surface area (Å²) < 4.78 is 0. The van der Waals surface area contributed by atoms with Crippen LogP contribution in [0.4, 0.5) is 0 Å². The summed E-state index contributed by atoms with van der Waals surface area (Å²) in [5.74, 6) is -10.6. The van der Waals surface area contributed by atoms with Crippen molar-refractivity contribution in [3.63, 3.8) is 0 Å². The Balaban J connectivity index is 4.35. The minimum Gasteiger partial charge on any atom is -0.396 e. The molecule has 1 heterocycles. The lowest BCUT2D eigenvalue weighted by atomic mass is 9.91. The second-order valence-electron chi connectivity index (χ2n) is 26.0. The van der Waals surface area contributed by atoms with Crippen molar-refractivity contribution < 1.29 is 63.0 Å². The average molecular weight is 1220 g/mol. The van der Waals surface area contributed by atoms with Gasteiger partial charge in [-0.05, 0) is 101 Å². The van der Waals surface area contributed by atoms with Gasteiger partial charge in [0.2, 0.25) is 65.0 Å². The highest BCUT2D eigenvalue weighted by atomic mass is 16.3. The molecule has 1 saturated heterocycles. The van der Waals surface area contributed by atoms with Crippen LogP contribution in [0.2, 0.25) is 0 Å². The van der Waals surface area contributed by atoms with Crippen LogP contribution in [0.1, 0.15) is 149 Å². The normalized spacial score (nSPS) is 27.0. The molecule has 1 fully saturated rings. The molecule has 0 spiro atoms. The highest BCUT2D eigenvalue weighted by Crippen LogP contribution is 2.26. The number of likely N-dealkylation sites (N-methyl/N-ethyl adjacent to an activating group) is 7. The van der Waals surface area contributed by atoms with Gasteiger partial charge in [0.15, 0.2) is 0 Å². The number of carbonyl (C=O) groups is 11. The van der Waals surface area contributed by atoms with E-state index in [-0.39, 0.29) is 56.5 Å². The van der Waals surface area contributed by atoms with E-state index in [4.69, 9.17) is 0 Å². The van der Waals surface area contributed by atoms with Crippen LogP contribution in [-0.4, -0.2) is 238 Å². The molecule has 11 amide bonds. The van der Waals surface area contributed by atoms with Crippen molar-refractivity contribution >= 4 is 65.0 Å². The first-order chi connectivity index (χ1) is 39.7. The predicted molar refractivity (Wildman–Crippen MR) is 330 cm³/mol. The van der Waals surface area contributed by atoms with Gasteiger partial charge in [0.25, 0.3) is 0 Å². The van der Waals surface area contributed by atoms with E-state index in [0.717, 1.165) is 14.7 Å². The number of hydrogen-bond donors (Lipinski definition) is 6. The van der Waals surface area contributed by atoms with Gasteiger partial charge < -0.3 is 65.8 Å². The van der Waals surface area contributed by atoms with Crippen LogP contribution in [-0.2, 0) is 52.7 Å². The van der Waals surface area contributed by atoms with Crippen LogP contribution in [0.5, 0.6) is 0 Å². The number of allylic oxidation sites excluding steroid dienone is 2. The molecule has 86 heavy (non-hydrogen) atoms. The number of carbonyl (C=O) groups excluding carboxylic acids is 11. The van der Waals surface area contributed by atoms with Crippen LogP contribution in [0, 0.1) is 41.4 Å². The zero-order valence-corrected chi connectivity index (χ0v) is 56.2. The van der Waals surface area contributed by atoms with Crippen molar-refractivity contribution in [2.24, 2.45) is 41.4 Å². The monoisotopic (exact) mass is 1220 g/mol. The molecule has 24 nitrogen and oxygen atoms in total. The molecule has 1 aliphatic rings. The lowest BCUT2D eigenvalue weighted by Gasteiger charge is -2.41. The highest BCUT2D eigenvalue weighted by molar-refractivity contribution is 5.99. The van der Waals surface area contributed by atoms with Gasteiger partial charge in [-0.1, -0.05) is 102 Å². The summed E-state index contributed by atoms with van der Waals surface area (Å²) in [6, 6.07) is -12.8. The van der Waals surface area contributed by atoms with Gasteiger partial charge in [-0.2, -0.15) is 0 Å². The van der Waals surface area contributed by atoms with Crippen molar-refractivity contribution in [1.29, 1.82) is 0 Å². The molecular formula is C62H111N11O13. The predicted octanol–water partition coefficient (Wildman–Crippen LogP) is 2.24. The van der Waals surface area contributed by atoms with Crippen LogP contribution < -0.4 is 21.3 Å². The second-order valence-corrected chi connectivity index (χ2v) is 26.0. The molecule has 0 aliphatic carbocycles. The average Bonchev–Trinajstić information content (AvgIpc) is 1.20. The molecule has 1 unspecified atom stereocenters. The molecular weight excluding hydrogens is 1110 g/mol. The molecule has 1 aliphatic heterocycles. The van der Waals surface area contributed by atoms with Gasteiger partial charge in [-0.3, -0.25) is 52.7 Å². The van der Waals surface area contributed by atoms with Gasteiger partial charge in [-0.15, -0.1) is 0 Å². The molecule has 0 aromatic rings. The Hall–Kier alpha value is -6.17. The Morgan fingerprint density at radius 3 is 1.41 bits per heavy atom. The van der Waals surface area contributed by atoms with E-state index < -0.39 is 162 Å². The Bertz CT molecular complexity index is 2350. The molecule has 492 valence electrons. The van der Waals surface area contributed by atoms with E-state index >= 15 is 9.59 Å². The molecule has 24 heteroatoms. The van der Waals surface area contributed by atoms with E-state index in [2.05, 4.69) is 21.3 Å². The summed E-state index contributed by atoms with van der Waals surface area (Å²) in [6.07, 6.45) is 2.68. The quantitative estimate of drug-likeness (QED) is 0.121. The van der Waals surface area contributed by atoms with Crippen LogP contribution >= 0.6 is 0 Å². The Morgan fingerprint density at radius 1 is 0.488 bits per heavy atom. The number of aliphatic hydroxyl groups is 2. The molecule has 0 saturated carbocycles. The summed E-state index contributed by atoms with van der Waals surface area (Å²) in [6.45, 7) is 26.6. The van der Waals surface area contributed by atoms with E-state index in [0.29, 0.717) is 6.42 Å². The number of nitrogens with zero attached hydrogens (tertiary/aromatic N) is 7. The van der Waals surface area contributed by atoms with Gasteiger partial charge in [-0.25, -0.2) is 0 Å². The number of nitrogens with one attached hydrogen (secondary N) is 4. The largest absolute Gasteiger partial charge is 0.396 e. The summed E-state index contributed by atoms with van der Waals surface area (Å²) in [4.78, 5) is 168. The highest BCUT2D eigenvalue weighted by Gasteiger charge is 2.46. The van der Waals surface area contributed by atoms with Crippen LogP contribution in [0.3, 0.4) is 0 Å². The maximum atomic E-state index is 15.1. The van der Waals surface area contributed by atoms with Crippen molar-refractivity contribution in [2.45, 2.75) is 216 Å². The maximum absolute atomic E-state index is 15.1. The third kappa shape index (κ3) is 21.6. The van der Waals surface area contributed by atoms with Gasteiger partial charge >= 0.3 is 0 Å². The molecule has 0 bridgehead atoms. The zero-order valence-electron chi connectivity index (χ0n) is 56.2. The lowest BCUT2D eigenvalue weighted by Crippen LogP contribution is -2.63. The van der Waals surface area contributed by atoms with Crippen molar-refractivity contribution in [3.05, 3.63) is 12.2 Å². The number of amides is 11. The lowest BCUT2D eigenvalue weighted by molar-refractivity contribution is -0.157. The molecule has 13 atom stereocenters. The summed E-state index contributed by atoms with van der Waals surface area (Å²) in [5, 5.41) is 33.2. The van der Waals surface area contributed by atoms with E-state index in [1.54, 1.807) is 67.5 Å². The minimum absolute atomic E-state index is 0.0107. The minimum atomic E-state index is -1.63. The first-order valence-corrected chi connectivity index (χ1v) is 30.7. The Kier molecular flexibility index (Phi) is 32.2. The van der Waals surface area contributed by atoms with Gasteiger partial charge in [0.1, 0.15) is 60.4 Å². The fourth-order valence-corrected chi connectivity index (χ4v) is 10.7. The third-order valence-corrected chi connectivity index (χ3v) is 16.3. The molecule has 1 rings (SSSR count). The van der Waals surface area contributed by atoms with Crippen molar-refractivity contribution in [3.8, 4) is 0 Å². The summed E-state index contributed by atoms with van der Waals surface area (Å²) in [5.41, 5.74) is 0. The van der Waals surface area contributed by atoms with Gasteiger partial charge in [0.05, 0.1) is 12.6 Å². The standard InChI is InChI=1S/C62H111N11O13/c1-24-26-27-40(14)52(76)51-56(80)65-43(25-2)58(82)67(17)32-48(75)68(18)44(28-34(3)4)55(79)66-49(37(9)10)61(85)69(19)45(29-35(5)6)54(78)63-41(15)53(77)64-42(16)57(81)70(20)47(31-39(13)33-74)59(83)71(21)46(30-36(7)8)60(84)72(22)50(38(11)12)62(86)73(51)23/h24,26,34-47,49-52,74,76H,25,27-33H2,1-23H3,(H,63,78)(H,64,77)(H,65,80)(H,66,79)/b26-24+/t39?,40-,41+,42-,43+,44+,45+,46+,47+,49+,50+,51+,52-/m1/s1. The first kappa shape index (κ1) is 77.8. The van der Waals surface area contributed by atoms with Crippen LogP contribution in [0.15, 0.2) is 12.2 Å². The fraction of sp³-hybridized carbons (Fsp3) is 0.790. The molecule has 0 aromatic carbocycles. The SMILES string of the molecule is C/C=C/C[C@@H](C)[C@@H](O)[C@H]1C(=O)N[C@@H](CC)C(=O)N(C)CC(=O)N(C)[C@@H](CC(C)C)C(=O)N[C@@H](C(C)C)C(=O)N(C)[C@@H](CC(C)C)C(=O)N[C@@H](C)C(=O)N[C@H](C)C(=O)N(C)[C@@H](CC(C)CO)C(=O)N(C)[C@@H](CC(C)C)C(=O)N(C)[C@@H](C(C)C)C(=O)N1C.